The van der Waals surface area contributed by atoms with Gasteiger partial charge in [0.15, 0.2) is 0 Å². The normalized spacial score (nSPS) is 33.8. The summed E-state index contributed by atoms with van der Waals surface area (Å²) in [7, 11) is 1.87. The molecule has 1 saturated carbocycles. The zero-order valence-electron chi connectivity index (χ0n) is 12.2. The molecule has 1 aliphatic carbocycles. The number of hydrogen-bond donors (Lipinski definition) is 1. The Balaban J connectivity index is 1.82. The highest BCUT2D eigenvalue weighted by molar-refractivity contribution is 4.83. The van der Waals surface area contributed by atoms with Crippen molar-refractivity contribution in [1.29, 1.82) is 0 Å². The third kappa shape index (κ3) is 3.94. The van der Waals surface area contributed by atoms with E-state index in [2.05, 4.69) is 17.1 Å². The molecule has 1 heterocycles. The van der Waals surface area contributed by atoms with Gasteiger partial charge in [-0.3, -0.25) is 0 Å². The highest BCUT2D eigenvalue weighted by Gasteiger charge is 2.27. The molecule has 3 heteroatoms. The van der Waals surface area contributed by atoms with E-state index in [9.17, 15) is 0 Å². The molecule has 0 aromatic heterocycles. The van der Waals surface area contributed by atoms with Crippen LogP contribution >= 0.6 is 0 Å². The Kier molecular flexibility index (Phi) is 5.93. The van der Waals surface area contributed by atoms with Crippen molar-refractivity contribution in [3.05, 3.63) is 0 Å². The summed E-state index contributed by atoms with van der Waals surface area (Å²) in [6.07, 6.45) is 8.47. The molecule has 106 valence electrons. The van der Waals surface area contributed by atoms with Crippen LogP contribution in [0.5, 0.6) is 0 Å². The van der Waals surface area contributed by atoms with Crippen LogP contribution in [0.3, 0.4) is 0 Å². The monoisotopic (exact) mass is 254 g/mol. The fourth-order valence-electron chi connectivity index (χ4n) is 3.61. The molecule has 0 spiro atoms. The molecular formula is C15H30N2O. The van der Waals surface area contributed by atoms with E-state index >= 15 is 0 Å². The zero-order valence-corrected chi connectivity index (χ0v) is 12.2. The average molecular weight is 254 g/mol. The van der Waals surface area contributed by atoms with Crippen molar-refractivity contribution in [2.24, 2.45) is 5.92 Å². The quantitative estimate of drug-likeness (QED) is 0.814. The molecule has 0 bridgehead atoms. The van der Waals surface area contributed by atoms with Crippen molar-refractivity contribution >= 4 is 0 Å². The van der Waals surface area contributed by atoms with Gasteiger partial charge >= 0.3 is 0 Å². The number of hydrogen-bond acceptors (Lipinski definition) is 3. The van der Waals surface area contributed by atoms with Crippen LogP contribution in [0.1, 0.15) is 45.4 Å². The first-order chi connectivity index (χ1) is 8.83. The highest BCUT2D eigenvalue weighted by Crippen LogP contribution is 2.26. The van der Waals surface area contributed by atoms with E-state index in [-0.39, 0.29) is 0 Å². The Morgan fingerprint density at radius 3 is 2.78 bits per heavy atom. The van der Waals surface area contributed by atoms with Crippen LogP contribution in [-0.2, 0) is 4.74 Å². The van der Waals surface area contributed by atoms with Crippen molar-refractivity contribution in [2.75, 3.05) is 33.3 Å². The van der Waals surface area contributed by atoms with Gasteiger partial charge in [0.2, 0.25) is 0 Å². The Bertz CT molecular complexity index is 229. The van der Waals surface area contributed by atoms with Crippen LogP contribution in [-0.4, -0.2) is 50.3 Å². The Hall–Kier alpha value is -0.120. The largest absolute Gasteiger partial charge is 0.381 e. The van der Waals surface area contributed by atoms with E-state index in [0.29, 0.717) is 6.10 Å². The van der Waals surface area contributed by atoms with Crippen molar-refractivity contribution in [1.82, 2.24) is 10.2 Å². The summed E-state index contributed by atoms with van der Waals surface area (Å²) in [6, 6.07) is 0.760. The van der Waals surface area contributed by atoms with Crippen LogP contribution in [0.25, 0.3) is 0 Å². The topological polar surface area (TPSA) is 24.5 Å². The fraction of sp³-hybridized carbons (Fsp3) is 1.00. The molecule has 1 N–H and O–H groups in total. The summed E-state index contributed by atoms with van der Waals surface area (Å²) in [5.74, 6) is 0.863. The predicted octanol–water partition coefficient (Wildman–Crippen LogP) is 2.27. The summed E-state index contributed by atoms with van der Waals surface area (Å²) < 4.78 is 5.57. The molecule has 3 atom stereocenters. The van der Waals surface area contributed by atoms with Crippen molar-refractivity contribution in [3.63, 3.8) is 0 Å². The molecule has 1 aliphatic heterocycles. The lowest BCUT2D eigenvalue weighted by atomic mass is 9.90. The minimum Gasteiger partial charge on any atom is -0.381 e. The molecule has 1 saturated heterocycles. The first-order valence-electron chi connectivity index (χ1n) is 7.81. The number of piperidine rings is 1. The summed E-state index contributed by atoms with van der Waals surface area (Å²) in [5, 5.41) is 3.54. The number of rotatable bonds is 5. The molecule has 18 heavy (non-hydrogen) atoms. The summed E-state index contributed by atoms with van der Waals surface area (Å²) in [4.78, 5) is 2.71. The van der Waals surface area contributed by atoms with Crippen LogP contribution in [0.4, 0.5) is 0 Å². The van der Waals surface area contributed by atoms with Gasteiger partial charge in [-0.2, -0.15) is 0 Å². The molecule has 0 amide bonds. The highest BCUT2D eigenvalue weighted by atomic mass is 16.5. The fourth-order valence-corrected chi connectivity index (χ4v) is 3.61. The molecule has 2 aliphatic rings. The second-order valence-corrected chi connectivity index (χ2v) is 5.98. The van der Waals surface area contributed by atoms with Crippen LogP contribution in [0, 0.1) is 5.92 Å². The summed E-state index contributed by atoms with van der Waals surface area (Å²) in [5.41, 5.74) is 0. The van der Waals surface area contributed by atoms with Crippen molar-refractivity contribution in [3.8, 4) is 0 Å². The third-order valence-corrected chi connectivity index (χ3v) is 4.75. The van der Waals surface area contributed by atoms with Gasteiger partial charge in [0, 0.05) is 19.7 Å². The Morgan fingerprint density at radius 2 is 2.11 bits per heavy atom. The molecule has 3 nitrogen and oxygen atoms in total. The van der Waals surface area contributed by atoms with E-state index in [1.54, 1.807) is 0 Å². The molecule has 0 radical (unpaired) electrons. The molecular weight excluding hydrogens is 224 g/mol. The standard InChI is InChI=1S/C15H30N2O/c1-3-17(12-13-6-5-9-16-11-13)14-7-4-8-15(10-14)18-2/h13-16H,3-12H2,1-2H3. The van der Waals surface area contributed by atoms with Gasteiger partial charge < -0.3 is 15.0 Å². The van der Waals surface area contributed by atoms with Gasteiger partial charge in [-0.25, -0.2) is 0 Å². The second-order valence-electron chi connectivity index (χ2n) is 5.98. The van der Waals surface area contributed by atoms with Crippen LogP contribution in [0.2, 0.25) is 0 Å². The van der Waals surface area contributed by atoms with Gasteiger partial charge in [-0.1, -0.05) is 6.92 Å². The third-order valence-electron chi connectivity index (χ3n) is 4.75. The van der Waals surface area contributed by atoms with Gasteiger partial charge in [0.1, 0.15) is 0 Å². The van der Waals surface area contributed by atoms with E-state index in [0.717, 1.165) is 12.0 Å². The molecule has 3 unspecified atom stereocenters. The maximum absolute atomic E-state index is 5.57. The van der Waals surface area contributed by atoms with Crippen LogP contribution < -0.4 is 5.32 Å². The van der Waals surface area contributed by atoms with Gasteiger partial charge in [-0.05, 0) is 64.1 Å². The Morgan fingerprint density at radius 1 is 1.22 bits per heavy atom. The summed E-state index contributed by atoms with van der Waals surface area (Å²) >= 11 is 0. The molecule has 2 rings (SSSR count). The van der Waals surface area contributed by atoms with E-state index in [4.69, 9.17) is 4.74 Å². The maximum Gasteiger partial charge on any atom is 0.0586 e. The minimum atomic E-state index is 0.502. The van der Waals surface area contributed by atoms with Crippen molar-refractivity contribution in [2.45, 2.75) is 57.6 Å². The number of nitrogens with one attached hydrogen (secondary N) is 1. The number of ether oxygens (including phenoxy) is 1. The average Bonchev–Trinajstić information content (AvgIpc) is 2.46. The molecule has 0 aromatic carbocycles. The van der Waals surface area contributed by atoms with Crippen LogP contribution in [0.15, 0.2) is 0 Å². The predicted molar refractivity (Wildman–Crippen MR) is 75.9 cm³/mol. The first kappa shape index (κ1) is 14.3. The minimum absolute atomic E-state index is 0.502. The smallest absolute Gasteiger partial charge is 0.0586 e. The van der Waals surface area contributed by atoms with Gasteiger partial charge in [0.25, 0.3) is 0 Å². The molecule has 0 aromatic rings. The maximum atomic E-state index is 5.57. The Labute approximate surface area is 112 Å². The van der Waals surface area contributed by atoms with Crippen molar-refractivity contribution < 1.29 is 4.74 Å². The van der Waals surface area contributed by atoms with Gasteiger partial charge in [-0.15, -0.1) is 0 Å². The SMILES string of the molecule is CCN(CC1CCCNC1)C1CCCC(OC)C1. The van der Waals surface area contributed by atoms with Gasteiger partial charge in [0.05, 0.1) is 6.10 Å². The lowest BCUT2D eigenvalue weighted by molar-refractivity contribution is 0.0239. The first-order valence-corrected chi connectivity index (χ1v) is 7.81. The second kappa shape index (κ2) is 7.46. The van der Waals surface area contributed by atoms with E-state index in [1.165, 1.54) is 64.7 Å². The zero-order chi connectivity index (χ0) is 12.8. The molecule has 2 fully saturated rings. The lowest BCUT2D eigenvalue weighted by Crippen LogP contribution is -2.45. The number of methoxy groups -OCH3 is 1. The number of nitrogens with zero attached hydrogens (tertiary/aromatic N) is 1. The van der Waals surface area contributed by atoms with E-state index in [1.807, 2.05) is 7.11 Å². The van der Waals surface area contributed by atoms with E-state index < -0.39 is 0 Å². The lowest BCUT2D eigenvalue weighted by Gasteiger charge is -2.39. The summed E-state index contributed by atoms with van der Waals surface area (Å²) in [6.45, 7) is 7.23.